The van der Waals surface area contributed by atoms with Crippen LogP contribution >= 0.6 is 23.4 Å². The summed E-state index contributed by atoms with van der Waals surface area (Å²) in [7, 11) is -3.79. The first-order valence-corrected chi connectivity index (χ1v) is 13.1. The SMILES string of the molecule is C[C@@H]1CSC(N(C(=O)[C@@H]2CCCCN2S(=O)(=O)c2ccccc2)c2ccc(Cl)cc2)=N1. The molecule has 0 saturated carbocycles. The molecule has 0 bridgehead atoms. The van der Waals surface area contributed by atoms with Crippen LogP contribution in [0, 0.1) is 0 Å². The van der Waals surface area contributed by atoms with E-state index in [1.807, 2.05) is 6.92 Å². The third kappa shape index (κ3) is 4.67. The first-order valence-electron chi connectivity index (χ1n) is 10.2. The van der Waals surface area contributed by atoms with Gasteiger partial charge in [0.05, 0.1) is 16.6 Å². The number of hydrogen-bond donors (Lipinski definition) is 0. The first kappa shape index (κ1) is 22.3. The first-order chi connectivity index (χ1) is 14.9. The summed E-state index contributed by atoms with van der Waals surface area (Å²) in [6.45, 7) is 2.31. The van der Waals surface area contributed by atoms with Crippen LogP contribution in [-0.2, 0) is 14.8 Å². The molecule has 31 heavy (non-hydrogen) atoms. The minimum Gasteiger partial charge on any atom is -0.272 e. The monoisotopic (exact) mass is 477 g/mol. The van der Waals surface area contributed by atoms with Gasteiger partial charge in [0.2, 0.25) is 10.0 Å². The van der Waals surface area contributed by atoms with Crippen LogP contribution in [0.1, 0.15) is 26.2 Å². The number of amidine groups is 1. The van der Waals surface area contributed by atoms with Gasteiger partial charge in [0.1, 0.15) is 6.04 Å². The van der Waals surface area contributed by atoms with Gasteiger partial charge in [0.25, 0.3) is 5.91 Å². The Balaban J connectivity index is 1.72. The number of aliphatic imine (C=N–C) groups is 1. The molecular weight excluding hydrogens is 454 g/mol. The van der Waals surface area contributed by atoms with Crippen LogP contribution in [0.15, 0.2) is 64.5 Å². The third-order valence-electron chi connectivity index (χ3n) is 5.37. The second-order valence-corrected chi connectivity index (χ2v) is 11.0. The van der Waals surface area contributed by atoms with Crippen LogP contribution in [0.3, 0.4) is 0 Å². The van der Waals surface area contributed by atoms with E-state index in [1.165, 1.54) is 16.1 Å². The lowest BCUT2D eigenvalue weighted by Crippen LogP contribution is -2.54. The molecule has 0 radical (unpaired) electrons. The van der Waals surface area contributed by atoms with Gasteiger partial charge >= 0.3 is 0 Å². The van der Waals surface area contributed by atoms with Gasteiger partial charge in [-0.25, -0.2) is 8.42 Å². The summed E-state index contributed by atoms with van der Waals surface area (Å²) in [5, 5.41) is 1.17. The molecule has 2 heterocycles. The number of carbonyl (C=O) groups is 1. The second-order valence-electron chi connectivity index (χ2n) is 7.66. The number of carbonyl (C=O) groups excluding carboxylic acids is 1. The maximum Gasteiger partial charge on any atom is 0.251 e. The molecule has 1 amide bonds. The van der Waals surface area contributed by atoms with Crippen LogP contribution in [0.5, 0.6) is 0 Å². The standard InChI is InChI=1S/C22H24ClN3O3S2/c1-16-15-30-22(24-16)26(18-12-10-17(23)11-13-18)21(27)20-9-5-6-14-25(20)31(28,29)19-7-3-2-4-8-19/h2-4,7-8,10-13,16,20H,5-6,9,14-15H2,1H3/t16-,20+/m1/s1. The molecule has 2 aliphatic heterocycles. The van der Waals surface area contributed by atoms with Crippen molar-refractivity contribution in [1.82, 2.24) is 4.31 Å². The molecule has 0 N–H and O–H groups in total. The summed E-state index contributed by atoms with van der Waals surface area (Å²) >= 11 is 7.56. The Morgan fingerprint density at radius 3 is 2.48 bits per heavy atom. The fourth-order valence-corrected chi connectivity index (χ4v) is 6.66. The van der Waals surface area contributed by atoms with E-state index in [0.29, 0.717) is 28.8 Å². The summed E-state index contributed by atoms with van der Waals surface area (Å²) in [5.74, 6) is 0.505. The van der Waals surface area contributed by atoms with Crippen molar-refractivity contribution in [3.8, 4) is 0 Å². The highest BCUT2D eigenvalue weighted by atomic mass is 35.5. The van der Waals surface area contributed by atoms with Gasteiger partial charge in [-0.3, -0.25) is 14.7 Å². The smallest absolute Gasteiger partial charge is 0.251 e. The normalized spacial score (nSPS) is 22.2. The van der Waals surface area contributed by atoms with Gasteiger partial charge in [-0.1, -0.05) is 48.0 Å². The number of nitrogens with zero attached hydrogens (tertiary/aromatic N) is 3. The highest BCUT2D eigenvalue weighted by Crippen LogP contribution is 2.32. The lowest BCUT2D eigenvalue weighted by molar-refractivity contribution is -0.122. The molecule has 2 atom stereocenters. The van der Waals surface area contributed by atoms with Gasteiger partial charge in [-0.05, 0) is 56.2 Å². The second kappa shape index (κ2) is 9.32. The van der Waals surface area contributed by atoms with Crippen molar-refractivity contribution in [2.24, 2.45) is 4.99 Å². The number of amides is 1. The van der Waals surface area contributed by atoms with Crippen molar-refractivity contribution in [3.05, 3.63) is 59.6 Å². The molecule has 6 nitrogen and oxygen atoms in total. The molecular formula is C22H24ClN3O3S2. The summed E-state index contributed by atoms with van der Waals surface area (Å²) in [6.07, 6.45) is 1.99. The molecule has 1 fully saturated rings. The molecule has 2 aromatic rings. The van der Waals surface area contributed by atoms with Crippen molar-refractivity contribution in [3.63, 3.8) is 0 Å². The van der Waals surface area contributed by atoms with Crippen molar-refractivity contribution in [1.29, 1.82) is 0 Å². The van der Waals surface area contributed by atoms with Crippen LogP contribution < -0.4 is 4.90 Å². The minimum absolute atomic E-state index is 0.0955. The summed E-state index contributed by atoms with van der Waals surface area (Å²) in [4.78, 5) is 20.3. The summed E-state index contributed by atoms with van der Waals surface area (Å²) < 4.78 is 28.1. The molecule has 0 unspecified atom stereocenters. The molecule has 2 aliphatic rings. The number of thioether (sulfide) groups is 1. The van der Waals surface area contributed by atoms with Crippen molar-refractivity contribution in [2.75, 3.05) is 17.2 Å². The number of piperidine rings is 1. The van der Waals surface area contributed by atoms with E-state index >= 15 is 0 Å². The van der Waals surface area contributed by atoms with Crippen molar-refractivity contribution >= 4 is 50.1 Å². The lowest BCUT2D eigenvalue weighted by Gasteiger charge is -2.36. The maximum atomic E-state index is 13.9. The minimum atomic E-state index is -3.79. The largest absolute Gasteiger partial charge is 0.272 e. The number of halogens is 1. The van der Waals surface area contributed by atoms with E-state index in [0.717, 1.165) is 18.6 Å². The van der Waals surface area contributed by atoms with Crippen molar-refractivity contribution < 1.29 is 13.2 Å². The Bertz CT molecular complexity index is 1070. The Morgan fingerprint density at radius 1 is 1.13 bits per heavy atom. The molecule has 4 rings (SSSR count). The number of hydrogen-bond acceptors (Lipinski definition) is 5. The zero-order valence-electron chi connectivity index (χ0n) is 17.1. The van der Waals surface area contributed by atoms with E-state index < -0.39 is 16.1 Å². The average Bonchev–Trinajstić information content (AvgIpc) is 3.21. The van der Waals surface area contributed by atoms with Gasteiger partial charge in [0, 0.05) is 17.3 Å². The Hall–Kier alpha value is -1.87. The van der Waals surface area contributed by atoms with Crippen molar-refractivity contribution in [2.45, 2.75) is 43.2 Å². The van der Waals surface area contributed by atoms with E-state index in [9.17, 15) is 13.2 Å². The number of rotatable bonds is 4. The summed E-state index contributed by atoms with van der Waals surface area (Å²) in [6, 6.07) is 14.6. The summed E-state index contributed by atoms with van der Waals surface area (Å²) in [5.41, 5.74) is 0.636. The molecule has 0 aliphatic carbocycles. The molecule has 2 aromatic carbocycles. The topological polar surface area (TPSA) is 70.1 Å². The van der Waals surface area contributed by atoms with Gasteiger partial charge in [-0.2, -0.15) is 4.31 Å². The molecule has 1 saturated heterocycles. The molecule has 164 valence electrons. The third-order valence-corrected chi connectivity index (χ3v) is 8.74. The Kier molecular flexibility index (Phi) is 6.71. The van der Waals surface area contributed by atoms with E-state index in [-0.39, 0.29) is 16.8 Å². The molecule has 0 spiro atoms. The Morgan fingerprint density at radius 2 is 1.84 bits per heavy atom. The number of sulfonamides is 1. The highest BCUT2D eigenvalue weighted by Gasteiger charge is 2.41. The number of benzene rings is 2. The van der Waals surface area contributed by atoms with Gasteiger partial charge in [0.15, 0.2) is 5.17 Å². The quantitative estimate of drug-likeness (QED) is 0.654. The fourth-order valence-electron chi connectivity index (χ4n) is 3.82. The van der Waals surface area contributed by atoms with Gasteiger partial charge in [-0.15, -0.1) is 0 Å². The maximum absolute atomic E-state index is 13.9. The average molecular weight is 478 g/mol. The highest BCUT2D eigenvalue weighted by molar-refractivity contribution is 8.14. The number of anilines is 1. The predicted octanol–water partition coefficient (Wildman–Crippen LogP) is 4.41. The fraction of sp³-hybridized carbons (Fsp3) is 0.364. The van der Waals surface area contributed by atoms with E-state index in [4.69, 9.17) is 11.6 Å². The lowest BCUT2D eigenvalue weighted by atomic mass is 10.0. The predicted molar refractivity (Wildman–Crippen MR) is 126 cm³/mol. The Labute approximate surface area is 192 Å². The van der Waals surface area contributed by atoms with Crippen LogP contribution in [0.4, 0.5) is 5.69 Å². The zero-order chi connectivity index (χ0) is 22.0. The molecule has 9 heteroatoms. The van der Waals surface area contributed by atoms with Gasteiger partial charge < -0.3 is 0 Å². The van der Waals surface area contributed by atoms with Crippen LogP contribution in [0.2, 0.25) is 5.02 Å². The van der Waals surface area contributed by atoms with Crippen LogP contribution in [-0.4, -0.2) is 48.2 Å². The molecule has 0 aromatic heterocycles. The van der Waals surface area contributed by atoms with Crippen LogP contribution in [0.25, 0.3) is 0 Å². The van der Waals surface area contributed by atoms with E-state index in [2.05, 4.69) is 4.99 Å². The van der Waals surface area contributed by atoms with E-state index in [1.54, 1.807) is 59.5 Å². The zero-order valence-corrected chi connectivity index (χ0v) is 19.5.